The summed E-state index contributed by atoms with van der Waals surface area (Å²) in [5.41, 5.74) is 9.01. The van der Waals surface area contributed by atoms with E-state index in [0.29, 0.717) is 10.7 Å². The first-order valence-electron chi connectivity index (χ1n) is 4.58. The maximum Gasteiger partial charge on any atom is 0.141 e. The highest BCUT2D eigenvalue weighted by Crippen LogP contribution is 2.33. The fourth-order valence-electron chi connectivity index (χ4n) is 1.60. The molecule has 0 amide bonds. The average Bonchev–Trinajstić information content (AvgIpc) is 2.51. The molecule has 3 nitrogen and oxygen atoms in total. The van der Waals surface area contributed by atoms with E-state index >= 15 is 0 Å². The number of halogens is 1. The summed E-state index contributed by atoms with van der Waals surface area (Å²) in [7, 11) is 0. The van der Waals surface area contributed by atoms with Gasteiger partial charge >= 0.3 is 0 Å². The molecule has 0 aliphatic carbocycles. The van der Waals surface area contributed by atoms with Gasteiger partial charge in [-0.25, -0.2) is 0 Å². The van der Waals surface area contributed by atoms with Crippen LogP contribution in [0.2, 0.25) is 5.02 Å². The molecule has 0 fully saturated rings. The van der Waals surface area contributed by atoms with Crippen molar-refractivity contribution in [2.45, 2.75) is 13.8 Å². The Bertz CT molecular complexity index is 486. The normalized spacial score (nSPS) is 10.6. The maximum atomic E-state index is 6.11. The zero-order valence-electron chi connectivity index (χ0n) is 8.54. The van der Waals surface area contributed by atoms with Crippen molar-refractivity contribution in [3.05, 3.63) is 34.7 Å². The molecule has 0 aliphatic rings. The summed E-state index contributed by atoms with van der Waals surface area (Å²) in [6, 6.07) is 5.37. The maximum absolute atomic E-state index is 6.11. The summed E-state index contributed by atoms with van der Waals surface area (Å²) < 4.78 is 5.10. The van der Waals surface area contributed by atoms with Crippen LogP contribution in [0.15, 0.2) is 22.7 Å². The highest BCUT2D eigenvalue weighted by molar-refractivity contribution is 6.33. The number of nitrogens with zero attached hydrogens (tertiary/aromatic N) is 1. The summed E-state index contributed by atoms with van der Waals surface area (Å²) in [4.78, 5) is 0. The van der Waals surface area contributed by atoms with Crippen LogP contribution in [0.4, 0.5) is 5.69 Å². The predicted octanol–water partition coefficient (Wildman–Crippen LogP) is 3.19. The molecule has 78 valence electrons. The van der Waals surface area contributed by atoms with Crippen LogP contribution in [0.1, 0.15) is 11.5 Å². The van der Waals surface area contributed by atoms with Crippen molar-refractivity contribution in [2.75, 3.05) is 5.73 Å². The van der Waals surface area contributed by atoms with E-state index in [1.807, 2.05) is 19.9 Å². The van der Waals surface area contributed by atoms with Gasteiger partial charge in [0.15, 0.2) is 0 Å². The van der Waals surface area contributed by atoms with Gasteiger partial charge < -0.3 is 10.3 Å². The van der Waals surface area contributed by atoms with Gasteiger partial charge in [-0.1, -0.05) is 16.8 Å². The van der Waals surface area contributed by atoms with Crippen molar-refractivity contribution in [3.63, 3.8) is 0 Å². The lowest BCUT2D eigenvalue weighted by molar-refractivity contribution is 0.393. The smallest absolute Gasteiger partial charge is 0.141 e. The Morgan fingerprint density at radius 2 is 2.07 bits per heavy atom. The summed E-state index contributed by atoms with van der Waals surface area (Å²) in [6.45, 7) is 3.74. The van der Waals surface area contributed by atoms with Crippen LogP contribution in [-0.2, 0) is 0 Å². The Morgan fingerprint density at radius 1 is 1.33 bits per heavy atom. The van der Waals surface area contributed by atoms with Crippen LogP contribution in [0.5, 0.6) is 0 Å². The van der Waals surface area contributed by atoms with Crippen LogP contribution < -0.4 is 5.73 Å². The molecular formula is C11H11ClN2O. The minimum atomic E-state index is 0.651. The molecule has 1 heterocycles. The molecule has 2 N–H and O–H groups in total. The molecule has 0 spiro atoms. The topological polar surface area (TPSA) is 52.0 Å². The number of nitrogens with two attached hydrogens (primary N) is 1. The monoisotopic (exact) mass is 222 g/mol. The van der Waals surface area contributed by atoms with E-state index < -0.39 is 0 Å². The summed E-state index contributed by atoms with van der Waals surface area (Å²) >= 11 is 6.11. The van der Waals surface area contributed by atoms with Crippen molar-refractivity contribution in [3.8, 4) is 11.1 Å². The number of nitrogen functional groups attached to an aromatic ring is 1. The minimum absolute atomic E-state index is 0.651. The highest BCUT2D eigenvalue weighted by atomic mass is 35.5. The quantitative estimate of drug-likeness (QED) is 0.754. The van der Waals surface area contributed by atoms with Crippen molar-refractivity contribution in [2.24, 2.45) is 0 Å². The highest BCUT2D eigenvalue weighted by Gasteiger charge is 2.14. The first-order chi connectivity index (χ1) is 7.09. The van der Waals surface area contributed by atoms with Crippen molar-refractivity contribution in [1.29, 1.82) is 0 Å². The van der Waals surface area contributed by atoms with Gasteiger partial charge in [-0.05, 0) is 32.0 Å². The molecule has 0 radical (unpaired) electrons. The molecule has 0 saturated heterocycles. The fourth-order valence-corrected chi connectivity index (χ4v) is 1.81. The van der Waals surface area contributed by atoms with Crippen molar-refractivity contribution < 1.29 is 4.52 Å². The Hall–Kier alpha value is -1.48. The number of hydrogen-bond acceptors (Lipinski definition) is 3. The average molecular weight is 223 g/mol. The zero-order chi connectivity index (χ0) is 11.0. The van der Waals surface area contributed by atoms with Gasteiger partial charge in [0.1, 0.15) is 5.76 Å². The number of anilines is 1. The lowest BCUT2D eigenvalue weighted by Gasteiger charge is -2.04. The second-order valence-electron chi connectivity index (χ2n) is 3.44. The van der Waals surface area contributed by atoms with Gasteiger partial charge in [-0.2, -0.15) is 0 Å². The Labute approximate surface area is 92.8 Å². The molecule has 0 aliphatic heterocycles. The second-order valence-corrected chi connectivity index (χ2v) is 3.85. The molecular weight excluding hydrogens is 212 g/mol. The number of aromatic nitrogens is 1. The van der Waals surface area contributed by atoms with Gasteiger partial charge in [0.25, 0.3) is 0 Å². The van der Waals surface area contributed by atoms with Gasteiger partial charge in [0, 0.05) is 21.8 Å². The Morgan fingerprint density at radius 3 is 2.67 bits per heavy atom. The van der Waals surface area contributed by atoms with E-state index in [2.05, 4.69) is 5.16 Å². The van der Waals surface area contributed by atoms with Gasteiger partial charge in [-0.3, -0.25) is 0 Å². The zero-order valence-corrected chi connectivity index (χ0v) is 9.30. The molecule has 2 rings (SSSR count). The minimum Gasteiger partial charge on any atom is -0.399 e. The van der Waals surface area contributed by atoms with Crippen molar-refractivity contribution >= 4 is 17.3 Å². The van der Waals surface area contributed by atoms with Gasteiger partial charge in [0.2, 0.25) is 0 Å². The number of hydrogen-bond donors (Lipinski definition) is 1. The predicted molar refractivity (Wildman–Crippen MR) is 60.8 cm³/mol. The second kappa shape index (κ2) is 3.59. The summed E-state index contributed by atoms with van der Waals surface area (Å²) in [6.07, 6.45) is 0. The van der Waals surface area contributed by atoms with Gasteiger partial charge in [-0.15, -0.1) is 0 Å². The Balaban J connectivity index is 2.68. The van der Waals surface area contributed by atoms with E-state index in [1.165, 1.54) is 0 Å². The lowest BCUT2D eigenvalue weighted by Crippen LogP contribution is -1.88. The third-order valence-corrected chi connectivity index (χ3v) is 2.62. The van der Waals surface area contributed by atoms with E-state index in [9.17, 15) is 0 Å². The third-order valence-electron chi connectivity index (χ3n) is 2.29. The molecule has 0 saturated carbocycles. The summed E-state index contributed by atoms with van der Waals surface area (Å²) in [5, 5.41) is 4.54. The largest absolute Gasteiger partial charge is 0.399 e. The molecule has 15 heavy (non-hydrogen) atoms. The van der Waals surface area contributed by atoms with Crippen LogP contribution in [0.25, 0.3) is 11.1 Å². The standard InChI is InChI=1S/C11H11ClN2O/c1-6-11(7(2)15-14-6)9-5-8(13)3-4-10(9)12/h3-5H,13H2,1-2H3. The fraction of sp³-hybridized carbons (Fsp3) is 0.182. The first-order valence-corrected chi connectivity index (χ1v) is 4.95. The molecule has 0 bridgehead atoms. The Kier molecular flexibility index (Phi) is 2.40. The van der Waals surface area contributed by atoms with E-state index in [1.54, 1.807) is 12.1 Å². The first kappa shape index (κ1) is 10.1. The molecule has 2 aromatic rings. The molecule has 0 unspecified atom stereocenters. The number of benzene rings is 1. The van der Waals surface area contributed by atoms with Crippen LogP contribution in [0, 0.1) is 13.8 Å². The van der Waals surface area contributed by atoms with Crippen LogP contribution >= 0.6 is 11.6 Å². The molecule has 4 heteroatoms. The molecule has 1 aromatic carbocycles. The van der Waals surface area contributed by atoms with E-state index in [0.717, 1.165) is 22.6 Å². The number of rotatable bonds is 1. The van der Waals surface area contributed by atoms with Crippen LogP contribution in [0.3, 0.4) is 0 Å². The van der Waals surface area contributed by atoms with Crippen molar-refractivity contribution in [1.82, 2.24) is 5.16 Å². The SMILES string of the molecule is Cc1noc(C)c1-c1cc(N)ccc1Cl. The van der Waals surface area contributed by atoms with E-state index in [4.69, 9.17) is 21.9 Å². The molecule has 0 atom stereocenters. The summed E-state index contributed by atoms with van der Waals surface area (Å²) in [5.74, 6) is 0.750. The van der Waals surface area contributed by atoms with Gasteiger partial charge in [0.05, 0.1) is 5.69 Å². The van der Waals surface area contributed by atoms with Crippen LogP contribution in [-0.4, -0.2) is 5.16 Å². The molecule has 1 aromatic heterocycles. The lowest BCUT2D eigenvalue weighted by atomic mass is 10.0. The van der Waals surface area contributed by atoms with E-state index in [-0.39, 0.29) is 0 Å². The number of aryl methyl sites for hydroxylation is 2. The third kappa shape index (κ3) is 1.70.